The van der Waals surface area contributed by atoms with Gasteiger partial charge in [0.15, 0.2) is 0 Å². The van der Waals surface area contributed by atoms with Crippen LogP contribution in [-0.4, -0.2) is 13.1 Å². The number of ether oxygens (including phenoxy) is 1. The van der Waals surface area contributed by atoms with Crippen LogP contribution in [0.3, 0.4) is 0 Å². The summed E-state index contributed by atoms with van der Waals surface area (Å²) < 4.78 is 6.01. The fourth-order valence-corrected chi connectivity index (χ4v) is 3.41. The van der Waals surface area contributed by atoms with Gasteiger partial charge in [0.25, 0.3) is 0 Å². The van der Waals surface area contributed by atoms with Gasteiger partial charge in [-0.15, -0.1) is 23.1 Å². The van der Waals surface area contributed by atoms with Crippen molar-refractivity contribution in [3.8, 4) is 0 Å². The normalized spacial score (nSPS) is 10.3. The smallest absolute Gasteiger partial charge is 0.309 e. The van der Waals surface area contributed by atoms with Gasteiger partial charge in [-0.3, -0.25) is 4.79 Å². The second kappa shape index (κ2) is 6.61. The average Bonchev–Trinajstić information content (AvgIpc) is 2.91. The molecule has 94 valence electrons. The molecule has 4 heteroatoms. The van der Waals surface area contributed by atoms with E-state index in [1.54, 1.807) is 23.1 Å². The molecule has 0 radical (unpaired) electrons. The van der Waals surface area contributed by atoms with E-state index in [4.69, 9.17) is 4.74 Å². The maximum atomic E-state index is 11.3. The lowest BCUT2D eigenvalue weighted by Crippen LogP contribution is -2.06. The minimum Gasteiger partial charge on any atom is -0.469 e. The Morgan fingerprint density at radius 2 is 2.00 bits per heavy atom. The summed E-state index contributed by atoms with van der Waals surface area (Å²) in [7, 11) is 1.42. The molecule has 0 atom stereocenters. The van der Waals surface area contributed by atoms with Crippen LogP contribution in [0, 0.1) is 0 Å². The van der Waals surface area contributed by atoms with E-state index in [1.807, 2.05) is 24.3 Å². The highest BCUT2D eigenvalue weighted by atomic mass is 32.2. The molecule has 2 aromatic rings. The molecule has 2 nitrogen and oxygen atoms in total. The molecule has 0 aliphatic rings. The van der Waals surface area contributed by atoms with Crippen LogP contribution < -0.4 is 0 Å². The number of esters is 1. The molecule has 18 heavy (non-hydrogen) atoms. The number of carbonyl (C=O) groups excluding carboxylic acids is 1. The first-order valence-electron chi connectivity index (χ1n) is 5.59. The second-order valence-electron chi connectivity index (χ2n) is 3.74. The van der Waals surface area contributed by atoms with Crippen LogP contribution in [0.2, 0.25) is 0 Å². The first-order chi connectivity index (χ1) is 8.79. The van der Waals surface area contributed by atoms with Crippen LogP contribution in [0.25, 0.3) is 0 Å². The zero-order chi connectivity index (χ0) is 12.8. The lowest BCUT2D eigenvalue weighted by molar-refractivity contribution is -0.139. The van der Waals surface area contributed by atoms with Gasteiger partial charge in [0.2, 0.25) is 0 Å². The summed E-state index contributed by atoms with van der Waals surface area (Å²) in [5.74, 6) is 0.691. The van der Waals surface area contributed by atoms with Crippen molar-refractivity contribution in [2.75, 3.05) is 7.11 Å². The summed E-state index contributed by atoms with van der Waals surface area (Å²) in [5, 5.41) is 2.07. The van der Waals surface area contributed by atoms with Crippen LogP contribution >= 0.6 is 23.1 Å². The first-order valence-corrected chi connectivity index (χ1v) is 7.46. The van der Waals surface area contributed by atoms with E-state index >= 15 is 0 Å². The van der Waals surface area contributed by atoms with Crippen molar-refractivity contribution in [3.63, 3.8) is 0 Å². The fourth-order valence-electron chi connectivity index (χ4n) is 1.59. The van der Waals surface area contributed by atoms with Crippen molar-refractivity contribution in [2.24, 2.45) is 0 Å². The third-order valence-corrected chi connectivity index (χ3v) is 4.73. The predicted molar refractivity (Wildman–Crippen MR) is 76.0 cm³/mol. The topological polar surface area (TPSA) is 26.3 Å². The maximum absolute atomic E-state index is 11.3. The Balaban J connectivity index is 2.05. The van der Waals surface area contributed by atoms with Crippen LogP contribution in [0.1, 0.15) is 11.1 Å². The van der Waals surface area contributed by atoms with E-state index in [9.17, 15) is 4.79 Å². The van der Waals surface area contributed by atoms with Crippen LogP contribution in [0.5, 0.6) is 0 Å². The number of benzene rings is 1. The van der Waals surface area contributed by atoms with Gasteiger partial charge in [-0.25, -0.2) is 0 Å². The molecular weight excluding hydrogens is 264 g/mol. The Morgan fingerprint density at radius 1 is 1.22 bits per heavy atom. The number of thioether (sulfide) groups is 1. The van der Waals surface area contributed by atoms with Gasteiger partial charge in [0, 0.05) is 5.75 Å². The van der Waals surface area contributed by atoms with Crippen molar-refractivity contribution in [1.82, 2.24) is 0 Å². The number of hydrogen-bond acceptors (Lipinski definition) is 4. The third-order valence-electron chi connectivity index (χ3n) is 2.55. The van der Waals surface area contributed by atoms with Gasteiger partial charge in [-0.1, -0.05) is 30.3 Å². The SMILES string of the molecule is COC(=O)Cc1ccccc1CSc1cccs1. The van der Waals surface area contributed by atoms with Crippen molar-refractivity contribution in [2.45, 2.75) is 16.4 Å². The number of thiophene rings is 1. The van der Waals surface area contributed by atoms with Crippen molar-refractivity contribution < 1.29 is 9.53 Å². The molecule has 1 aromatic carbocycles. The Bertz CT molecular complexity index is 506. The molecule has 0 amide bonds. The molecule has 0 spiro atoms. The summed E-state index contributed by atoms with van der Waals surface area (Å²) in [6.45, 7) is 0. The molecule has 1 aromatic heterocycles. The molecule has 2 rings (SSSR count). The highest BCUT2D eigenvalue weighted by molar-refractivity contribution is 8.00. The molecule has 0 fully saturated rings. The number of carbonyl (C=O) groups is 1. The lowest BCUT2D eigenvalue weighted by Gasteiger charge is -2.07. The van der Waals surface area contributed by atoms with Gasteiger partial charge in [-0.05, 0) is 22.6 Å². The summed E-state index contributed by atoms with van der Waals surface area (Å²) in [4.78, 5) is 11.3. The third kappa shape index (κ3) is 3.62. The van der Waals surface area contributed by atoms with Crippen LogP contribution in [0.15, 0.2) is 46.0 Å². The molecule has 1 heterocycles. The summed E-state index contributed by atoms with van der Waals surface area (Å²) in [6.07, 6.45) is 0.345. The van der Waals surface area contributed by atoms with E-state index < -0.39 is 0 Å². The molecule has 0 saturated heterocycles. The number of methoxy groups -OCH3 is 1. The average molecular weight is 278 g/mol. The van der Waals surface area contributed by atoms with Gasteiger partial charge in [0.05, 0.1) is 17.7 Å². The van der Waals surface area contributed by atoms with E-state index in [0.717, 1.165) is 11.3 Å². The zero-order valence-corrected chi connectivity index (χ0v) is 11.7. The molecule has 0 bridgehead atoms. The fraction of sp³-hybridized carbons (Fsp3) is 0.214. The van der Waals surface area contributed by atoms with E-state index in [2.05, 4.69) is 17.5 Å². The largest absolute Gasteiger partial charge is 0.469 e. The van der Waals surface area contributed by atoms with Crippen LogP contribution in [-0.2, 0) is 21.7 Å². The lowest BCUT2D eigenvalue weighted by atomic mass is 10.1. The summed E-state index contributed by atoms with van der Waals surface area (Å²) in [5.41, 5.74) is 2.25. The Kier molecular flexibility index (Phi) is 4.84. The first kappa shape index (κ1) is 13.2. The number of rotatable bonds is 5. The highest BCUT2D eigenvalue weighted by Gasteiger charge is 2.08. The summed E-state index contributed by atoms with van der Waals surface area (Å²) >= 11 is 3.53. The zero-order valence-electron chi connectivity index (χ0n) is 10.1. The molecule has 0 saturated carbocycles. The van der Waals surface area contributed by atoms with E-state index in [-0.39, 0.29) is 5.97 Å². The second-order valence-corrected chi connectivity index (χ2v) is 5.97. The quantitative estimate of drug-likeness (QED) is 0.615. The standard InChI is InChI=1S/C14H14O2S2/c1-16-13(15)9-11-5-2-3-6-12(11)10-18-14-7-4-8-17-14/h2-8H,9-10H2,1H3. The monoisotopic (exact) mass is 278 g/mol. The minimum atomic E-state index is -0.191. The van der Waals surface area contributed by atoms with Crippen molar-refractivity contribution >= 4 is 29.1 Å². The van der Waals surface area contributed by atoms with Crippen molar-refractivity contribution in [3.05, 3.63) is 52.9 Å². The molecule has 0 aliphatic carbocycles. The predicted octanol–water partition coefficient (Wildman–Crippen LogP) is 3.76. The summed E-state index contributed by atoms with van der Waals surface area (Å²) in [6, 6.07) is 12.2. The van der Waals surface area contributed by atoms with Gasteiger partial charge < -0.3 is 4.74 Å². The van der Waals surface area contributed by atoms with Gasteiger partial charge in [0.1, 0.15) is 0 Å². The molecule has 0 unspecified atom stereocenters. The Morgan fingerprint density at radius 3 is 2.67 bits per heavy atom. The highest BCUT2D eigenvalue weighted by Crippen LogP contribution is 2.28. The molecule has 0 N–H and O–H groups in total. The Hall–Kier alpha value is -1.26. The van der Waals surface area contributed by atoms with Gasteiger partial charge in [-0.2, -0.15) is 0 Å². The molecule has 0 aliphatic heterocycles. The Labute approximate surface area is 115 Å². The van der Waals surface area contributed by atoms with E-state index in [1.165, 1.54) is 16.9 Å². The maximum Gasteiger partial charge on any atom is 0.309 e. The number of hydrogen-bond donors (Lipinski definition) is 0. The molecular formula is C14H14O2S2. The minimum absolute atomic E-state index is 0.191. The van der Waals surface area contributed by atoms with Crippen molar-refractivity contribution in [1.29, 1.82) is 0 Å². The van der Waals surface area contributed by atoms with Gasteiger partial charge >= 0.3 is 5.97 Å². The van der Waals surface area contributed by atoms with E-state index in [0.29, 0.717) is 6.42 Å². The van der Waals surface area contributed by atoms with Crippen LogP contribution in [0.4, 0.5) is 0 Å².